The van der Waals surface area contributed by atoms with Gasteiger partial charge in [-0.1, -0.05) is 6.92 Å². The van der Waals surface area contributed by atoms with E-state index in [4.69, 9.17) is 14.2 Å². The minimum absolute atomic E-state index is 0.155. The van der Waals surface area contributed by atoms with Crippen LogP contribution in [0.4, 0.5) is 39.1 Å². The van der Waals surface area contributed by atoms with Crippen LogP contribution < -0.4 is 16.0 Å². The Morgan fingerprint density at radius 2 is 1.31 bits per heavy atom. The number of anilines is 2. The summed E-state index contributed by atoms with van der Waals surface area (Å²) in [4.78, 5) is 63.7. The Morgan fingerprint density at radius 3 is 1.86 bits per heavy atom. The normalized spacial score (nSPS) is 12.1. The summed E-state index contributed by atoms with van der Waals surface area (Å²) in [5.41, 5.74) is -0.943. The summed E-state index contributed by atoms with van der Waals surface area (Å²) in [7, 11) is 0. The van der Waals surface area contributed by atoms with Crippen molar-refractivity contribution in [3.63, 3.8) is 0 Å². The molecule has 0 fully saturated rings. The summed E-state index contributed by atoms with van der Waals surface area (Å²) in [5, 5.41) is 14.4. The smallest absolute Gasteiger partial charge is 0.433 e. The maximum atomic E-state index is 13.6. The summed E-state index contributed by atoms with van der Waals surface area (Å²) in [6.07, 6.45) is 1.78. The van der Waals surface area contributed by atoms with Gasteiger partial charge < -0.3 is 40.0 Å². The van der Waals surface area contributed by atoms with E-state index in [1.54, 1.807) is 90.3 Å². The van der Waals surface area contributed by atoms with Crippen LogP contribution in [0, 0.1) is 0 Å². The molecule has 4 rings (SSSR count). The van der Waals surface area contributed by atoms with Gasteiger partial charge in [0.25, 0.3) is 5.91 Å². The predicted molar refractivity (Wildman–Crippen MR) is 235 cm³/mol. The Hall–Kier alpha value is -6.08. The number of fused-ring (bicyclic) bond motifs is 1. The first-order valence-corrected chi connectivity index (χ1v) is 21.4. The lowest BCUT2D eigenvalue weighted by Crippen LogP contribution is -2.40. The number of benzene rings is 1. The van der Waals surface area contributed by atoms with E-state index in [1.807, 2.05) is 12.0 Å². The molecular weight excluding hydrogens is 838 g/mol. The van der Waals surface area contributed by atoms with Crippen molar-refractivity contribution in [3.05, 3.63) is 59.8 Å². The van der Waals surface area contributed by atoms with Crippen molar-refractivity contribution in [1.82, 2.24) is 45.0 Å². The molecule has 0 aliphatic carbocycles. The van der Waals surface area contributed by atoms with E-state index in [2.05, 4.69) is 31.0 Å². The fourth-order valence-corrected chi connectivity index (χ4v) is 6.41. The molecule has 4 N–H and O–H groups in total. The zero-order chi connectivity index (χ0) is 47.5. The zero-order valence-electron chi connectivity index (χ0n) is 38.5. The number of carbonyl (C=O) groups excluding carboxylic acids is 4. The third-order valence-electron chi connectivity index (χ3n) is 9.19. The molecule has 3 aromatic heterocycles. The number of nitrogens with one attached hydrogen (secondary N) is 4. The largest absolute Gasteiger partial charge is 0.444 e. The third-order valence-corrected chi connectivity index (χ3v) is 9.19. The van der Waals surface area contributed by atoms with Gasteiger partial charge in [-0.25, -0.2) is 24.4 Å². The van der Waals surface area contributed by atoms with Gasteiger partial charge in [0.05, 0.1) is 23.7 Å². The lowest BCUT2D eigenvalue weighted by atomic mass is 10.0. The first-order chi connectivity index (χ1) is 29.8. The van der Waals surface area contributed by atoms with Gasteiger partial charge in [0, 0.05) is 62.9 Å². The van der Waals surface area contributed by atoms with E-state index < -0.39 is 47.0 Å². The number of aromatic amines is 1. The Bertz CT molecular complexity index is 2200. The van der Waals surface area contributed by atoms with Crippen LogP contribution in [0.15, 0.2) is 43.0 Å². The van der Waals surface area contributed by atoms with Crippen molar-refractivity contribution in [1.29, 1.82) is 0 Å². The molecule has 0 aliphatic rings. The molecule has 4 aromatic rings. The Morgan fingerprint density at radius 1 is 0.750 bits per heavy atom. The number of H-pyrrole nitrogens is 1. The first-order valence-electron chi connectivity index (χ1n) is 21.4. The van der Waals surface area contributed by atoms with Crippen molar-refractivity contribution < 1.29 is 46.6 Å². The number of imidazole rings is 1. The number of hydrogen-bond acceptors (Lipinski definition) is 11. The molecule has 0 saturated heterocycles. The maximum absolute atomic E-state index is 13.6. The Labute approximate surface area is 372 Å². The van der Waals surface area contributed by atoms with E-state index in [1.165, 1.54) is 23.0 Å². The highest BCUT2D eigenvalue weighted by Gasteiger charge is 2.37. The van der Waals surface area contributed by atoms with E-state index in [9.17, 15) is 32.3 Å². The second kappa shape index (κ2) is 21.5. The lowest BCUT2D eigenvalue weighted by molar-refractivity contribution is -0.140. The molecule has 0 unspecified atom stereocenters. The average Bonchev–Trinajstić information content (AvgIpc) is 3.84. The molecule has 1 aromatic carbocycles. The summed E-state index contributed by atoms with van der Waals surface area (Å²) >= 11 is 0. The topological polar surface area (TPSA) is 197 Å². The van der Waals surface area contributed by atoms with Crippen LogP contribution in [0.2, 0.25) is 0 Å². The monoisotopic (exact) mass is 900 g/mol. The van der Waals surface area contributed by atoms with Crippen molar-refractivity contribution in [2.75, 3.05) is 44.6 Å². The minimum Gasteiger partial charge on any atom is -0.444 e. The van der Waals surface area contributed by atoms with Crippen LogP contribution in [0.3, 0.4) is 0 Å². The lowest BCUT2D eigenvalue weighted by Gasteiger charge is -2.29. The van der Waals surface area contributed by atoms with Crippen LogP contribution in [-0.4, -0.2) is 115 Å². The SMILES string of the molecule is CCc1cc(Nc2nccn3c(-c4cn[nH]c4C(F)(F)F)cnc23)ccc1C(=O)NCCCN(CCCCN(CCCNC(=O)OC(C)(C)C)C(=O)OC(C)(C)C)C(=O)OC(C)(C)C. The number of aromatic nitrogens is 5. The average molecular weight is 901 g/mol. The number of nitrogens with zero attached hydrogens (tertiary/aromatic N) is 6. The number of ether oxygens (including phenoxy) is 3. The summed E-state index contributed by atoms with van der Waals surface area (Å²) in [5.74, 6) is -0.000824. The Kier molecular flexibility index (Phi) is 17.0. The second-order valence-corrected chi connectivity index (χ2v) is 18.2. The molecule has 0 radical (unpaired) electrons. The number of aryl methyl sites for hydroxylation is 1. The predicted octanol–water partition coefficient (Wildman–Crippen LogP) is 8.73. The highest BCUT2D eigenvalue weighted by Crippen LogP contribution is 2.36. The van der Waals surface area contributed by atoms with Crippen molar-refractivity contribution in [3.8, 4) is 11.3 Å². The van der Waals surface area contributed by atoms with Gasteiger partial charge in [0.2, 0.25) is 0 Å². The number of unbranched alkanes of at least 4 members (excludes halogenated alkanes) is 1. The minimum atomic E-state index is -4.64. The number of alkyl carbamates (subject to hydrolysis) is 1. The molecule has 20 heteroatoms. The molecule has 0 spiro atoms. The number of hydrogen-bond donors (Lipinski definition) is 4. The summed E-state index contributed by atoms with van der Waals surface area (Å²) in [6, 6.07) is 5.19. The number of rotatable bonds is 18. The molecule has 17 nitrogen and oxygen atoms in total. The van der Waals surface area contributed by atoms with Gasteiger partial charge in [0.15, 0.2) is 11.5 Å². The van der Waals surface area contributed by atoms with E-state index in [0.29, 0.717) is 81.9 Å². The molecule has 64 heavy (non-hydrogen) atoms. The van der Waals surface area contributed by atoms with Crippen molar-refractivity contribution in [2.45, 2.75) is 124 Å². The molecule has 0 saturated carbocycles. The van der Waals surface area contributed by atoms with Gasteiger partial charge in [-0.15, -0.1) is 0 Å². The maximum Gasteiger partial charge on any atom is 0.433 e. The highest BCUT2D eigenvalue weighted by atomic mass is 19.4. The van der Waals surface area contributed by atoms with Gasteiger partial charge >= 0.3 is 24.5 Å². The third kappa shape index (κ3) is 15.6. The summed E-state index contributed by atoms with van der Waals surface area (Å²) in [6.45, 7) is 19.9. The van der Waals surface area contributed by atoms with Crippen LogP contribution in [-0.2, 0) is 26.8 Å². The molecule has 0 aliphatic heterocycles. The van der Waals surface area contributed by atoms with Gasteiger partial charge in [-0.3, -0.25) is 14.3 Å². The van der Waals surface area contributed by atoms with Crippen molar-refractivity contribution >= 4 is 41.3 Å². The van der Waals surface area contributed by atoms with Gasteiger partial charge in [0.1, 0.15) is 22.5 Å². The fraction of sp³-hybridized carbons (Fsp3) is 0.568. The molecule has 4 amide bonds. The standard InChI is InChI=1S/C44H63F3N10O7/c1-11-29-26-30(53-35-36-51-28-33(57(36)25-20-48-35)32-27-52-54-34(32)44(45,46)47)16-17-31(29)37(58)49-18-14-23-55(39(60)63-42(5,6)7)21-12-13-22-56(40(61)64-43(8,9)10)24-15-19-50-38(59)62-41(2,3)4/h16-17,20,25-28H,11-15,18-19,21-24H2,1-10H3,(H,48,53)(H,49,58)(H,50,59)(H,52,54). The fourth-order valence-electron chi connectivity index (χ4n) is 6.41. The number of amides is 4. The van der Waals surface area contributed by atoms with Gasteiger partial charge in [-0.05, 0) is 118 Å². The van der Waals surface area contributed by atoms with Crippen LogP contribution in [0.25, 0.3) is 16.9 Å². The first kappa shape index (κ1) is 50.6. The quantitative estimate of drug-likeness (QED) is 0.0550. The summed E-state index contributed by atoms with van der Waals surface area (Å²) < 4.78 is 58.9. The van der Waals surface area contributed by atoms with E-state index in [-0.39, 0.29) is 29.4 Å². The van der Waals surface area contributed by atoms with Crippen LogP contribution in [0.5, 0.6) is 0 Å². The number of alkyl halides is 3. The van der Waals surface area contributed by atoms with Crippen LogP contribution >= 0.6 is 0 Å². The zero-order valence-corrected chi connectivity index (χ0v) is 38.5. The van der Waals surface area contributed by atoms with Crippen LogP contribution in [0.1, 0.15) is 117 Å². The van der Waals surface area contributed by atoms with E-state index in [0.717, 1.165) is 11.8 Å². The number of halogens is 3. The van der Waals surface area contributed by atoms with Crippen molar-refractivity contribution in [2.24, 2.45) is 0 Å². The van der Waals surface area contributed by atoms with E-state index >= 15 is 0 Å². The molecule has 0 bridgehead atoms. The molecule has 0 atom stereocenters. The molecule has 352 valence electrons. The number of carbonyl (C=O) groups is 4. The van der Waals surface area contributed by atoms with Gasteiger partial charge in [-0.2, -0.15) is 18.3 Å². The molecular formula is C44H63F3N10O7. The molecule has 3 heterocycles. The second-order valence-electron chi connectivity index (χ2n) is 18.2. The Balaban J connectivity index is 1.34. The highest BCUT2D eigenvalue weighted by molar-refractivity contribution is 5.96.